The number of likely N-dealkylation sites (tertiary alicyclic amines) is 1. The molecule has 18 heavy (non-hydrogen) atoms. The molecule has 0 saturated carbocycles. The van der Waals surface area contributed by atoms with E-state index in [0.717, 1.165) is 31.5 Å². The van der Waals surface area contributed by atoms with E-state index >= 15 is 0 Å². The van der Waals surface area contributed by atoms with Crippen LogP contribution < -0.4 is 0 Å². The molecule has 1 aliphatic rings. The summed E-state index contributed by atoms with van der Waals surface area (Å²) in [6.45, 7) is 1.59. The average molecular weight is 243 g/mol. The van der Waals surface area contributed by atoms with Crippen molar-refractivity contribution in [2.75, 3.05) is 13.1 Å². The molecule has 2 rings (SSSR count). The van der Waals surface area contributed by atoms with Crippen LogP contribution in [0, 0.1) is 17.2 Å². The minimum atomic E-state index is -0.577. The van der Waals surface area contributed by atoms with Crippen LogP contribution in [0.1, 0.15) is 24.8 Å². The molecule has 0 aromatic carbocycles. The summed E-state index contributed by atoms with van der Waals surface area (Å²) in [5, 5.41) is 9.17. The van der Waals surface area contributed by atoms with E-state index in [4.69, 9.17) is 0 Å². The van der Waals surface area contributed by atoms with E-state index in [1.54, 1.807) is 12.4 Å². The smallest absolute Gasteiger partial charge is 0.240 e. The SMILES string of the molecule is N#CC(Cc1cccnc1)C(=O)N1CCCCC1. The number of carbonyl (C=O) groups is 1. The van der Waals surface area contributed by atoms with Crippen molar-refractivity contribution in [3.8, 4) is 6.07 Å². The molecular weight excluding hydrogens is 226 g/mol. The van der Waals surface area contributed by atoms with Crippen LogP contribution in [0.3, 0.4) is 0 Å². The van der Waals surface area contributed by atoms with E-state index in [1.165, 1.54) is 6.42 Å². The number of nitrogens with zero attached hydrogens (tertiary/aromatic N) is 3. The van der Waals surface area contributed by atoms with Gasteiger partial charge >= 0.3 is 0 Å². The number of rotatable bonds is 3. The predicted molar refractivity (Wildman–Crippen MR) is 67.5 cm³/mol. The highest BCUT2D eigenvalue weighted by molar-refractivity contribution is 5.81. The van der Waals surface area contributed by atoms with E-state index < -0.39 is 5.92 Å². The Morgan fingerprint density at radius 2 is 2.22 bits per heavy atom. The minimum absolute atomic E-state index is 0.0268. The molecule has 0 bridgehead atoms. The fourth-order valence-corrected chi connectivity index (χ4v) is 2.28. The molecule has 1 saturated heterocycles. The Kier molecular flexibility index (Phi) is 4.30. The fourth-order valence-electron chi connectivity index (χ4n) is 2.28. The third-order valence-corrected chi connectivity index (χ3v) is 3.28. The molecule has 0 aliphatic carbocycles. The molecule has 2 heterocycles. The highest BCUT2D eigenvalue weighted by Crippen LogP contribution is 2.15. The number of pyridine rings is 1. The Labute approximate surface area is 107 Å². The standard InChI is InChI=1S/C14H17N3O/c15-10-13(9-12-5-4-6-16-11-12)14(18)17-7-2-1-3-8-17/h4-6,11,13H,1-3,7-9H2. The molecule has 1 unspecified atom stereocenters. The normalized spacial score (nSPS) is 16.9. The molecule has 1 aliphatic heterocycles. The molecule has 4 heteroatoms. The molecule has 1 aromatic rings. The zero-order chi connectivity index (χ0) is 12.8. The molecule has 1 fully saturated rings. The Morgan fingerprint density at radius 3 is 2.83 bits per heavy atom. The summed E-state index contributed by atoms with van der Waals surface area (Å²) in [6.07, 6.45) is 7.15. The van der Waals surface area contributed by atoms with E-state index in [2.05, 4.69) is 11.1 Å². The van der Waals surface area contributed by atoms with Gasteiger partial charge in [-0.25, -0.2) is 0 Å². The summed E-state index contributed by atoms with van der Waals surface area (Å²) in [4.78, 5) is 18.1. The minimum Gasteiger partial charge on any atom is -0.342 e. The number of amides is 1. The quantitative estimate of drug-likeness (QED) is 0.813. The Bertz CT molecular complexity index is 432. The van der Waals surface area contributed by atoms with Gasteiger partial charge in [-0.15, -0.1) is 0 Å². The van der Waals surface area contributed by atoms with Gasteiger partial charge in [-0.2, -0.15) is 5.26 Å². The summed E-state index contributed by atoms with van der Waals surface area (Å²) < 4.78 is 0. The lowest BCUT2D eigenvalue weighted by Crippen LogP contribution is -2.40. The van der Waals surface area contributed by atoms with Gasteiger partial charge in [0.2, 0.25) is 5.91 Å². The van der Waals surface area contributed by atoms with Gasteiger partial charge in [0.05, 0.1) is 6.07 Å². The van der Waals surface area contributed by atoms with Gasteiger partial charge in [0.15, 0.2) is 0 Å². The van der Waals surface area contributed by atoms with Crippen LogP contribution in [-0.4, -0.2) is 28.9 Å². The second-order valence-corrected chi connectivity index (χ2v) is 4.63. The Morgan fingerprint density at radius 1 is 1.44 bits per heavy atom. The molecule has 1 atom stereocenters. The van der Waals surface area contributed by atoms with Crippen molar-refractivity contribution in [2.24, 2.45) is 5.92 Å². The summed E-state index contributed by atoms with van der Waals surface area (Å²) >= 11 is 0. The van der Waals surface area contributed by atoms with Crippen molar-refractivity contribution in [1.29, 1.82) is 5.26 Å². The number of hydrogen-bond donors (Lipinski definition) is 0. The fraction of sp³-hybridized carbons (Fsp3) is 0.500. The molecule has 4 nitrogen and oxygen atoms in total. The van der Waals surface area contributed by atoms with Crippen LogP contribution in [-0.2, 0) is 11.2 Å². The van der Waals surface area contributed by atoms with Gasteiger partial charge in [-0.1, -0.05) is 6.07 Å². The predicted octanol–water partition coefficient (Wildman–Crippen LogP) is 1.78. The first-order chi connectivity index (χ1) is 8.81. The van der Waals surface area contributed by atoms with E-state index in [9.17, 15) is 10.1 Å². The van der Waals surface area contributed by atoms with Crippen molar-refractivity contribution in [3.05, 3.63) is 30.1 Å². The van der Waals surface area contributed by atoms with Gasteiger partial charge in [0.1, 0.15) is 5.92 Å². The molecule has 1 amide bonds. The number of aromatic nitrogens is 1. The van der Waals surface area contributed by atoms with Crippen molar-refractivity contribution in [3.63, 3.8) is 0 Å². The number of piperidine rings is 1. The molecule has 0 N–H and O–H groups in total. The topological polar surface area (TPSA) is 57.0 Å². The first-order valence-electron chi connectivity index (χ1n) is 6.38. The van der Waals surface area contributed by atoms with Crippen LogP contribution in [0.4, 0.5) is 0 Å². The van der Waals surface area contributed by atoms with Crippen LogP contribution in [0.25, 0.3) is 0 Å². The lowest BCUT2D eigenvalue weighted by molar-refractivity contribution is -0.134. The van der Waals surface area contributed by atoms with Crippen molar-refractivity contribution < 1.29 is 4.79 Å². The van der Waals surface area contributed by atoms with Crippen molar-refractivity contribution >= 4 is 5.91 Å². The molecule has 0 radical (unpaired) electrons. The van der Waals surface area contributed by atoms with Gasteiger partial charge in [-0.05, 0) is 37.3 Å². The lowest BCUT2D eigenvalue weighted by Gasteiger charge is -2.28. The van der Waals surface area contributed by atoms with E-state index in [1.807, 2.05) is 17.0 Å². The van der Waals surface area contributed by atoms with Crippen LogP contribution in [0.2, 0.25) is 0 Å². The third kappa shape index (κ3) is 3.07. The largest absolute Gasteiger partial charge is 0.342 e. The van der Waals surface area contributed by atoms with Crippen LogP contribution in [0.15, 0.2) is 24.5 Å². The van der Waals surface area contributed by atoms with Crippen molar-refractivity contribution in [1.82, 2.24) is 9.88 Å². The van der Waals surface area contributed by atoms with Crippen LogP contribution >= 0.6 is 0 Å². The van der Waals surface area contributed by atoms with Gasteiger partial charge in [0, 0.05) is 25.5 Å². The second-order valence-electron chi connectivity index (χ2n) is 4.63. The average Bonchev–Trinajstić information content (AvgIpc) is 2.46. The van der Waals surface area contributed by atoms with Crippen molar-refractivity contribution in [2.45, 2.75) is 25.7 Å². The lowest BCUT2D eigenvalue weighted by atomic mass is 9.99. The number of nitriles is 1. The highest BCUT2D eigenvalue weighted by atomic mass is 16.2. The molecule has 94 valence electrons. The summed E-state index contributed by atoms with van der Waals surface area (Å²) in [5.74, 6) is -0.603. The van der Waals surface area contributed by atoms with Crippen LogP contribution in [0.5, 0.6) is 0 Å². The maximum atomic E-state index is 12.2. The summed E-state index contributed by atoms with van der Waals surface area (Å²) in [5.41, 5.74) is 0.939. The first-order valence-corrected chi connectivity index (χ1v) is 6.38. The zero-order valence-electron chi connectivity index (χ0n) is 10.4. The second kappa shape index (κ2) is 6.15. The Balaban J connectivity index is 2.00. The zero-order valence-corrected chi connectivity index (χ0v) is 10.4. The summed E-state index contributed by atoms with van der Waals surface area (Å²) in [7, 11) is 0. The summed E-state index contributed by atoms with van der Waals surface area (Å²) in [6, 6.07) is 5.86. The first kappa shape index (κ1) is 12.6. The van der Waals surface area contributed by atoms with Gasteiger partial charge in [-0.3, -0.25) is 9.78 Å². The monoisotopic (exact) mass is 243 g/mol. The van der Waals surface area contributed by atoms with Gasteiger partial charge < -0.3 is 4.90 Å². The number of hydrogen-bond acceptors (Lipinski definition) is 3. The van der Waals surface area contributed by atoms with E-state index in [-0.39, 0.29) is 5.91 Å². The van der Waals surface area contributed by atoms with E-state index in [0.29, 0.717) is 6.42 Å². The number of carbonyl (C=O) groups excluding carboxylic acids is 1. The maximum Gasteiger partial charge on any atom is 0.240 e. The highest BCUT2D eigenvalue weighted by Gasteiger charge is 2.25. The molecular formula is C14H17N3O. The molecule has 0 spiro atoms. The molecule has 1 aromatic heterocycles. The third-order valence-electron chi connectivity index (χ3n) is 3.28. The Hall–Kier alpha value is -1.89. The maximum absolute atomic E-state index is 12.2. The van der Waals surface area contributed by atoms with Gasteiger partial charge in [0.25, 0.3) is 0 Å².